The molecule has 0 aliphatic carbocycles. The molecule has 0 aromatic carbocycles. The van der Waals surface area contributed by atoms with Crippen LogP contribution >= 0.6 is 7.14 Å². The fourth-order valence-corrected chi connectivity index (χ4v) is 2.70. The van der Waals surface area contributed by atoms with E-state index in [4.69, 9.17) is 0 Å². The van der Waals surface area contributed by atoms with E-state index in [0.717, 1.165) is 0 Å². The lowest BCUT2D eigenvalue weighted by molar-refractivity contribution is -0.265. The lowest BCUT2D eigenvalue weighted by Crippen LogP contribution is -2.47. The topological polar surface area (TPSA) is 17.1 Å². The predicted molar refractivity (Wildman–Crippen MR) is 40.0 cm³/mol. The van der Waals surface area contributed by atoms with Crippen LogP contribution in [0.5, 0.6) is 0 Å². The van der Waals surface area contributed by atoms with Crippen LogP contribution in [0.4, 0.5) is 57.1 Å². The Morgan fingerprint density at radius 3 is 1.00 bits per heavy atom. The highest BCUT2D eigenvalue weighted by Gasteiger charge is 2.85. The number of hydrogen-bond acceptors (Lipinski definition) is 1. The molecule has 0 aliphatic heterocycles. The van der Waals surface area contributed by atoms with Crippen molar-refractivity contribution in [3.63, 3.8) is 0 Å². The summed E-state index contributed by atoms with van der Waals surface area (Å²) in [5, 5.41) is 0. The van der Waals surface area contributed by atoms with Crippen LogP contribution in [0.2, 0.25) is 0 Å². The molecule has 15 heteroatoms. The lowest BCUT2D eigenvalue weighted by atomic mass is 10.7. The fourth-order valence-electron chi connectivity index (χ4n) is 0.899. The average molecular weight is 366 g/mol. The van der Waals surface area contributed by atoms with Gasteiger partial charge in [-0.05, 0) is 0 Å². The van der Waals surface area contributed by atoms with Gasteiger partial charge < -0.3 is 4.57 Å². The van der Waals surface area contributed by atoms with E-state index < -0.39 is 42.5 Å². The van der Waals surface area contributed by atoms with E-state index in [0.29, 0.717) is 0 Å². The monoisotopic (exact) mass is 366 g/mol. The van der Waals surface area contributed by atoms with Gasteiger partial charge in [0.1, 0.15) is 0 Å². The molecule has 0 N–H and O–H groups in total. The summed E-state index contributed by atoms with van der Waals surface area (Å²) < 4.78 is 168. The van der Waals surface area contributed by atoms with E-state index in [1.165, 1.54) is 0 Å². The second kappa shape index (κ2) is 5.06. The van der Waals surface area contributed by atoms with Crippen molar-refractivity contribution in [2.24, 2.45) is 0 Å². The van der Waals surface area contributed by atoms with Crippen LogP contribution in [0.1, 0.15) is 0 Å². The molecule has 0 aromatic heterocycles. The van der Waals surface area contributed by atoms with Gasteiger partial charge in [0.2, 0.25) is 5.57 Å². The van der Waals surface area contributed by atoms with E-state index >= 15 is 0 Å². The Kier molecular flexibility index (Phi) is 4.83. The Morgan fingerprint density at radius 2 is 0.857 bits per heavy atom. The highest BCUT2D eigenvalue weighted by molar-refractivity contribution is 7.70. The molecule has 0 fully saturated rings. The molecule has 0 amide bonds. The van der Waals surface area contributed by atoms with Gasteiger partial charge >= 0.3 is 36.9 Å². The van der Waals surface area contributed by atoms with E-state index in [1.807, 2.05) is 0 Å². The van der Waals surface area contributed by atoms with Crippen LogP contribution in [-0.2, 0) is 4.57 Å². The van der Waals surface area contributed by atoms with Gasteiger partial charge in [-0.3, -0.25) is 0 Å². The lowest BCUT2D eigenvalue weighted by Gasteiger charge is -2.33. The summed E-state index contributed by atoms with van der Waals surface area (Å²) in [5.41, 5.74) is -19.8. The molecule has 0 heterocycles. The Hall–Kier alpha value is -0.940. The molecule has 21 heavy (non-hydrogen) atoms. The minimum Gasteiger partial charge on any atom is -0.302 e. The van der Waals surface area contributed by atoms with E-state index in [9.17, 15) is 61.6 Å². The number of rotatable bonds is 3. The van der Waals surface area contributed by atoms with Crippen LogP contribution in [0, 0.1) is 0 Å². The third-order valence-corrected chi connectivity index (χ3v) is 4.72. The molecular weight excluding hydrogens is 366 g/mol. The van der Waals surface area contributed by atoms with Crippen molar-refractivity contribution in [1.29, 1.82) is 0 Å². The first-order valence-electron chi connectivity index (χ1n) is 4.06. The highest BCUT2D eigenvalue weighted by atomic mass is 31.2. The van der Waals surface area contributed by atoms with Gasteiger partial charge in [-0.2, -0.15) is 57.1 Å². The molecule has 0 rings (SSSR count). The Balaban J connectivity index is 6.79. The first-order chi connectivity index (χ1) is 8.85. The Labute approximate surface area is 105 Å². The van der Waals surface area contributed by atoms with E-state index in [1.54, 1.807) is 0 Å². The minimum absolute atomic E-state index is 4.42. The summed E-state index contributed by atoms with van der Waals surface area (Å²) in [7, 11) is -8.97. The Bertz CT molecular complexity index is 448. The summed E-state index contributed by atoms with van der Waals surface area (Å²) in [6, 6.07) is 0. The summed E-state index contributed by atoms with van der Waals surface area (Å²) in [6.07, 6.45) is -19.3. The largest absolute Gasteiger partial charge is 0.461 e. The molecule has 1 nitrogen and oxygen atoms in total. The van der Waals surface area contributed by atoms with Crippen molar-refractivity contribution in [3.8, 4) is 0 Å². The number of hydrogen-bond donors (Lipinski definition) is 0. The fraction of sp³-hybridized carbons (Fsp3) is 0.667. The SMILES string of the molecule is O=P(C(F)=C(F)F)(C(F)(F)C(F)(F)F)C(F)(F)C(F)(F)F. The van der Waals surface area contributed by atoms with Crippen molar-refractivity contribution < 1.29 is 61.6 Å². The first-order valence-corrected chi connectivity index (χ1v) is 5.77. The standard InChI is InChI=1S/C6F13OP/c7-1(8)2(9)21(20,5(16,17)3(10,11)12)6(18,19)4(13,14)15. The summed E-state index contributed by atoms with van der Waals surface area (Å²) in [4.78, 5) is 0. The summed E-state index contributed by atoms with van der Waals surface area (Å²) in [6.45, 7) is 0. The van der Waals surface area contributed by atoms with Crippen molar-refractivity contribution in [2.75, 3.05) is 0 Å². The molecule has 0 saturated heterocycles. The van der Waals surface area contributed by atoms with Gasteiger partial charge in [0.25, 0.3) is 0 Å². The smallest absolute Gasteiger partial charge is 0.302 e. The second-order valence-corrected chi connectivity index (χ2v) is 5.97. The van der Waals surface area contributed by atoms with Crippen molar-refractivity contribution in [3.05, 3.63) is 11.6 Å². The number of alkyl halides is 10. The molecule has 126 valence electrons. The van der Waals surface area contributed by atoms with Crippen LogP contribution in [-0.4, -0.2) is 23.7 Å². The maximum atomic E-state index is 12.6. The van der Waals surface area contributed by atoms with Crippen LogP contribution in [0.3, 0.4) is 0 Å². The van der Waals surface area contributed by atoms with E-state index in [-0.39, 0.29) is 0 Å². The molecular formula is C6F13OP. The first kappa shape index (κ1) is 20.1. The zero-order valence-electron chi connectivity index (χ0n) is 8.77. The zero-order valence-corrected chi connectivity index (χ0v) is 9.66. The Morgan fingerprint density at radius 1 is 0.619 bits per heavy atom. The maximum absolute atomic E-state index is 12.6. The van der Waals surface area contributed by atoms with Crippen molar-refractivity contribution in [1.82, 2.24) is 0 Å². The number of halogens is 13. The summed E-state index contributed by atoms with van der Waals surface area (Å²) >= 11 is 0. The quantitative estimate of drug-likeness (QED) is 0.463. The predicted octanol–water partition coefficient (Wildman–Crippen LogP) is 5.69. The molecule has 0 spiro atoms. The van der Waals surface area contributed by atoms with Crippen LogP contribution in [0.15, 0.2) is 11.6 Å². The maximum Gasteiger partial charge on any atom is 0.461 e. The average Bonchev–Trinajstić information content (AvgIpc) is 2.22. The molecule has 0 aromatic rings. The third kappa shape index (κ3) is 2.73. The van der Waals surface area contributed by atoms with Gasteiger partial charge in [-0.1, -0.05) is 0 Å². The van der Waals surface area contributed by atoms with Gasteiger partial charge in [0.05, 0.1) is 0 Å². The summed E-state index contributed by atoms with van der Waals surface area (Å²) in [5.74, 6) is 0. The second-order valence-electron chi connectivity index (χ2n) is 3.24. The molecule has 0 saturated carbocycles. The van der Waals surface area contributed by atoms with Gasteiger partial charge in [-0.25, -0.2) is 0 Å². The van der Waals surface area contributed by atoms with Crippen molar-refractivity contribution >= 4 is 7.14 Å². The normalized spacial score (nSPS) is 15.1. The minimum atomic E-state index is -8.97. The van der Waals surface area contributed by atoms with Crippen LogP contribution in [0.25, 0.3) is 0 Å². The van der Waals surface area contributed by atoms with Gasteiger partial charge in [0, 0.05) is 0 Å². The van der Waals surface area contributed by atoms with Gasteiger partial charge in [-0.15, -0.1) is 0 Å². The van der Waals surface area contributed by atoms with Gasteiger partial charge in [0.15, 0.2) is 0 Å². The molecule has 0 bridgehead atoms. The third-order valence-electron chi connectivity index (χ3n) is 1.91. The zero-order chi connectivity index (χ0) is 17.7. The highest BCUT2D eigenvalue weighted by Crippen LogP contribution is 2.81. The molecule has 0 atom stereocenters. The van der Waals surface area contributed by atoms with E-state index in [2.05, 4.69) is 0 Å². The molecule has 0 radical (unpaired) electrons. The molecule has 0 unspecified atom stereocenters. The van der Waals surface area contributed by atoms with Crippen molar-refractivity contribution in [2.45, 2.75) is 23.7 Å². The molecule has 0 aliphatic rings. The van der Waals surface area contributed by atoms with Crippen LogP contribution < -0.4 is 0 Å².